The first kappa shape index (κ1) is 13.8. The molecule has 1 aliphatic rings. The zero-order valence-electron chi connectivity index (χ0n) is 11.1. The summed E-state index contributed by atoms with van der Waals surface area (Å²) < 4.78 is 0. The number of anilines is 1. The number of hydrogen-bond acceptors (Lipinski definition) is 4. The molecule has 2 N–H and O–H groups in total. The van der Waals surface area contributed by atoms with Crippen LogP contribution in [0.2, 0.25) is 0 Å². The predicted octanol–water partition coefficient (Wildman–Crippen LogP) is 1.94. The van der Waals surface area contributed by atoms with Crippen molar-refractivity contribution in [3.63, 3.8) is 0 Å². The lowest BCUT2D eigenvalue weighted by molar-refractivity contribution is -0.142. The zero-order valence-corrected chi connectivity index (χ0v) is 12.0. The maximum atomic E-state index is 12.0. The van der Waals surface area contributed by atoms with Crippen molar-refractivity contribution >= 4 is 28.5 Å². The zero-order chi connectivity index (χ0) is 14.2. The van der Waals surface area contributed by atoms with Crippen molar-refractivity contribution < 1.29 is 14.7 Å². The summed E-state index contributed by atoms with van der Waals surface area (Å²) in [4.78, 5) is 29.9. The molecule has 0 bridgehead atoms. The molecule has 1 fully saturated rings. The van der Waals surface area contributed by atoms with Crippen molar-refractivity contribution in [2.24, 2.45) is 11.8 Å². The maximum Gasteiger partial charge on any atom is 0.323 e. The third kappa shape index (κ3) is 2.86. The van der Waals surface area contributed by atoms with E-state index in [2.05, 4.69) is 10.3 Å². The van der Waals surface area contributed by atoms with Crippen LogP contribution in [0.4, 0.5) is 9.93 Å². The summed E-state index contributed by atoms with van der Waals surface area (Å²) in [5.74, 6) is -1.35. The largest absolute Gasteiger partial charge is 0.481 e. The molecule has 2 amide bonds. The molecule has 6 nitrogen and oxygen atoms in total. The number of likely N-dealkylation sites (tertiary alicyclic amines) is 1. The van der Waals surface area contributed by atoms with Crippen molar-refractivity contribution in [2.45, 2.75) is 20.8 Å². The van der Waals surface area contributed by atoms with E-state index in [4.69, 9.17) is 5.11 Å². The normalized spacial score (nSPS) is 22.6. The van der Waals surface area contributed by atoms with Crippen LogP contribution < -0.4 is 5.32 Å². The number of nitrogens with one attached hydrogen (secondary N) is 1. The fourth-order valence-corrected chi connectivity index (χ4v) is 2.96. The lowest BCUT2D eigenvalue weighted by atomic mass is 9.99. The average molecular weight is 283 g/mol. The minimum atomic E-state index is -0.844. The van der Waals surface area contributed by atoms with Gasteiger partial charge in [0.1, 0.15) is 0 Å². The summed E-state index contributed by atoms with van der Waals surface area (Å²) in [5.41, 5.74) is 0.901. The molecule has 2 rings (SSSR count). The first-order chi connectivity index (χ1) is 8.88. The highest BCUT2D eigenvalue weighted by atomic mass is 32.1. The standard InChI is InChI=1S/C12H17N3O3S/c1-6-4-15(5-9(6)10(16)17)12(18)14-11-13-7(2)8(3)19-11/h6,9H,4-5H2,1-3H3,(H,16,17)(H,13,14,18). The average Bonchev–Trinajstić information content (AvgIpc) is 2.83. The summed E-state index contributed by atoms with van der Waals surface area (Å²) in [6.07, 6.45) is 0. The van der Waals surface area contributed by atoms with Gasteiger partial charge in [0.15, 0.2) is 5.13 Å². The number of carbonyl (C=O) groups excluding carboxylic acids is 1. The SMILES string of the molecule is Cc1nc(NC(=O)N2CC(C)C(C(=O)O)C2)sc1C. The summed E-state index contributed by atoms with van der Waals surface area (Å²) in [5, 5.41) is 12.3. The molecule has 0 aromatic carbocycles. The van der Waals surface area contributed by atoms with Crippen molar-refractivity contribution in [2.75, 3.05) is 18.4 Å². The van der Waals surface area contributed by atoms with Crippen LogP contribution in [0.5, 0.6) is 0 Å². The van der Waals surface area contributed by atoms with Crippen LogP contribution in [0, 0.1) is 25.7 Å². The Bertz CT molecular complexity index is 495. The lowest BCUT2D eigenvalue weighted by Gasteiger charge is -2.15. The number of rotatable bonds is 2. The molecule has 0 spiro atoms. The van der Waals surface area contributed by atoms with Gasteiger partial charge in [-0.25, -0.2) is 9.78 Å². The van der Waals surface area contributed by atoms with Gasteiger partial charge in [-0.1, -0.05) is 6.92 Å². The predicted molar refractivity (Wildman–Crippen MR) is 72.5 cm³/mol. The number of aryl methyl sites for hydroxylation is 2. The van der Waals surface area contributed by atoms with Crippen molar-refractivity contribution in [3.05, 3.63) is 10.6 Å². The molecule has 1 aliphatic heterocycles. The smallest absolute Gasteiger partial charge is 0.323 e. The highest BCUT2D eigenvalue weighted by Crippen LogP contribution is 2.25. The molecule has 1 saturated heterocycles. The summed E-state index contributed by atoms with van der Waals surface area (Å²) in [7, 11) is 0. The van der Waals surface area contributed by atoms with Crippen LogP contribution in [0.25, 0.3) is 0 Å². The van der Waals surface area contributed by atoms with Crippen LogP contribution in [0.3, 0.4) is 0 Å². The first-order valence-corrected chi connectivity index (χ1v) is 6.93. The highest BCUT2D eigenvalue weighted by Gasteiger charge is 2.37. The number of aliphatic carboxylic acids is 1. The van der Waals surface area contributed by atoms with Gasteiger partial charge in [-0.2, -0.15) is 0 Å². The molecular weight excluding hydrogens is 266 g/mol. The topological polar surface area (TPSA) is 82.5 Å². The van der Waals surface area contributed by atoms with E-state index in [1.165, 1.54) is 16.2 Å². The van der Waals surface area contributed by atoms with E-state index >= 15 is 0 Å². The van der Waals surface area contributed by atoms with Crippen LogP contribution in [0.15, 0.2) is 0 Å². The van der Waals surface area contributed by atoms with Gasteiger partial charge in [0, 0.05) is 18.0 Å². The Morgan fingerprint density at radius 3 is 2.58 bits per heavy atom. The monoisotopic (exact) mass is 283 g/mol. The number of urea groups is 1. The molecule has 2 unspecified atom stereocenters. The molecule has 0 radical (unpaired) electrons. The number of amides is 2. The maximum absolute atomic E-state index is 12.0. The van der Waals surface area contributed by atoms with Gasteiger partial charge in [0.25, 0.3) is 0 Å². The Kier molecular flexibility index (Phi) is 3.75. The summed E-state index contributed by atoms with van der Waals surface area (Å²) in [6.45, 7) is 6.41. The van der Waals surface area contributed by atoms with E-state index in [0.717, 1.165) is 10.6 Å². The molecule has 1 aromatic heterocycles. The molecule has 2 atom stereocenters. The second-order valence-electron chi connectivity index (χ2n) is 4.92. The van der Waals surface area contributed by atoms with Gasteiger partial charge in [-0.3, -0.25) is 10.1 Å². The number of carbonyl (C=O) groups is 2. The third-order valence-electron chi connectivity index (χ3n) is 3.46. The van der Waals surface area contributed by atoms with Gasteiger partial charge >= 0.3 is 12.0 Å². The molecule has 2 heterocycles. The van der Waals surface area contributed by atoms with Crippen LogP contribution in [0.1, 0.15) is 17.5 Å². The Balaban J connectivity index is 2.00. The quantitative estimate of drug-likeness (QED) is 0.869. The van der Waals surface area contributed by atoms with E-state index in [9.17, 15) is 9.59 Å². The molecule has 104 valence electrons. The molecule has 19 heavy (non-hydrogen) atoms. The lowest BCUT2D eigenvalue weighted by Crippen LogP contribution is -2.33. The van der Waals surface area contributed by atoms with E-state index < -0.39 is 11.9 Å². The number of aromatic nitrogens is 1. The highest BCUT2D eigenvalue weighted by molar-refractivity contribution is 7.15. The van der Waals surface area contributed by atoms with Gasteiger partial charge < -0.3 is 10.0 Å². The number of nitrogens with zero attached hydrogens (tertiary/aromatic N) is 2. The molecule has 7 heteroatoms. The second-order valence-corrected chi connectivity index (χ2v) is 6.12. The van der Waals surface area contributed by atoms with E-state index in [1.54, 1.807) is 0 Å². The molecule has 1 aromatic rings. The Labute approximate surface area is 115 Å². The van der Waals surface area contributed by atoms with E-state index in [1.807, 2.05) is 20.8 Å². The first-order valence-electron chi connectivity index (χ1n) is 6.11. The molecule has 0 aliphatic carbocycles. The second kappa shape index (κ2) is 5.16. The minimum Gasteiger partial charge on any atom is -0.481 e. The minimum absolute atomic E-state index is 0.0250. The number of carboxylic acid groups (broad SMARTS) is 1. The third-order valence-corrected chi connectivity index (χ3v) is 4.45. The van der Waals surface area contributed by atoms with Crippen LogP contribution in [-0.4, -0.2) is 40.1 Å². The number of thiazole rings is 1. The number of hydrogen-bond donors (Lipinski definition) is 2. The number of carboxylic acids is 1. The van der Waals surface area contributed by atoms with Gasteiger partial charge in [-0.05, 0) is 19.8 Å². The van der Waals surface area contributed by atoms with E-state index in [-0.39, 0.29) is 18.5 Å². The Hall–Kier alpha value is -1.63. The van der Waals surface area contributed by atoms with Crippen molar-refractivity contribution in [1.82, 2.24) is 9.88 Å². The van der Waals surface area contributed by atoms with Crippen molar-refractivity contribution in [3.8, 4) is 0 Å². The summed E-state index contributed by atoms with van der Waals surface area (Å²) in [6, 6.07) is -0.274. The molecule has 0 saturated carbocycles. The molecular formula is C12H17N3O3S. The Morgan fingerprint density at radius 2 is 2.11 bits per heavy atom. The van der Waals surface area contributed by atoms with Gasteiger partial charge in [-0.15, -0.1) is 11.3 Å². The fraction of sp³-hybridized carbons (Fsp3) is 0.583. The van der Waals surface area contributed by atoms with E-state index in [0.29, 0.717) is 11.7 Å². The van der Waals surface area contributed by atoms with Crippen LogP contribution in [-0.2, 0) is 4.79 Å². The van der Waals surface area contributed by atoms with Gasteiger partial charge in [0.05, 0.1) is 11.6 Å². The van der Waals surface area contributed by atoms with Crippen molar-refractivity contribution in [1.29, 1.82) is 0 Å². The fourth-order valence-electron chi connectivity index (χ4n) is 2.15. The summed E-state index contributed by atoms with van der Waals surface area (Å²) >= 11 is 1.42. The Morgan fingerprint density at radius 1 is 1.42 bits per heavy atom. The van der Waals surface area contributed by atoms with Gasteiger partial charge in [0.2, 0.25) is 0 Å². The van der Waals surface area contributed by atoms with Crippen LogP contribution >= 0.6 is 11.3 Å².